The second-order valence-electron chi connectivity index (χ2n) is 5.87. The van der Waals surface area contributed by atoms with E-state index < -0.39 is 4.92 Å². The minimum atomic E-state index is -0.502. The molecule has 3 rings (SSSR count). The Morgan fingerprint density at radius 3 is 2.81 bits per heavy atom. The van der Waals surface area contributed by atoms with E-state index in [1.165, 1.54) is 18.2 Å². The number of amides is 1. The van der Waals surface area contributed by atoms with Crippen molar-refractivity contribution in [3.8, 4) is 5.75 Å². The number of carbonyl (C=O) groups is 1. The summed E-state index contributed by atoms with van der Waals surface area (Å²) in [4.78, 5) is 24.7. The molecule has 2 aromatic carbocycles. The highest BCUT2D eigenvalue weighted by molar-refractivity contribution is 6.31. The van der Waals surface area contributed by atoms with E-state index in [4.69, 9.17) is 16.3 Å². The standard InChI is InChI=1S/C18H18ClN3O4.ClH/c19-16-7-2-1-6-15(16)17-11-20-8-9-21(17)18(23)12-26-14-5-3-4-13(10-14)22(24)25;/h1-7,10,17,20H,8-9,11-12H2;1H. The molecule has 27 heavy (non-hydrogen) atoms. The van der Waals surface area contributed by atoms with Crippen LogP contribution in [0.4, 0.5) is 5.69 Å². The van der Waals surface area contributed by atoms with Gasteiger partial charge in [-0.1, -0.05) is 35.9 Å². The largest absolute Gasteiger partial charge is 0.484 e. The average Bonchev–Trinajstić information content (AvgIpc) is 2.67. The third-order valence-corrected chi connectivity index (χ3v) is 4.56. The van der Waals surface area contributed by atoms with Gasteiger partial charge in [0.25, 0.3) is 11.6 Å². The zero-order chi connectivity index (χ0) is 18.5. The van der Waals surface area contributed by atoms with Gasteiger partial charge in [0.05, 0.1) is 17.0 Å². The van der Waals surface area contributed by atoms with Crippen LogP contribution in [-0.2, 0) is 4.79 Å². The zero-order valence-corrected chi connectivity index (χ0v) is 15.9. The molecule has 0 spiro atoms. The summed E-state index contributed by atoms with van der Waals surface area (Å²) >= 11 is 6.29. The predicted molar refractivity (Wildman–Crippen MR) is 105 cm³/mol. The number of benzene rings is 2. The maximum absolute atomic E-state index is 12.7. The first-order valence-corrected chi connectivity index (χ1v) is 8.56. The maximum Gasteiger partial charge on any atom is 0.273 e. The molecule has 0 radical (unpaired) electrons. The molecule has 1 fully saturated rings. The summed E-state index contributed by atoms with van der Waals surface area (Å²) in [5.74, 6) is 0.0971. The predicted octanol–water partition coefficient (Wildman–Crippen LogP) is 3.22. The molecule has 2 aromatic rings. The first kappa shape index (κ1) is 21.0. The molecule has 0 aromatic heterocycles. The van der Waals surface area contributed by atoms with Gasteiger partial charge in [0.2, 0.25) is 0 Å². The van der Waals surface area contributed by atoms with E-state index in [0.717, 1.165) is 5.56 Å². The number of ether oxygens (including phenoxy) is 1. The molecule has 144 valence electrons. The molecule has 1 aliphatic heterocycles. The number of nitrogens with one attached hydrogen (secondary N) is 1. The van der Waals surface area contributed by atoms with Gasteiger partial charge in [0, 0.05) is 30.7 Å². The number of nitro groups is 1. The Labute approximate surface area is 167 Å². The van der Waals surface area contributed by atoms with Crippen molar-refractivity contribution in [1.82, 2.24) is 10.2 Å². The minimum absolute atomic E-state index is 0. The number of nitrogens with zero attached hydrogens (tertiary/aromatic N) is 2. The summed E-state index contributed by atoms with van der Waals surface area (Å²) in [5, 5.41) is 14.7. The lowest BCUT2D eigenvalue weighted by Crippen LogP contribution is -2.50. The Hall–Kier alpha value is -2.35. The average molecular weight is 412 g/mol. The SMILES string of the molecule is Cl.O=C(COc1cccc([N+](=O)[O-])c1)N1CCNCC1c1ccccc1Cl. The molecular weight excluding hydrogens is 393 g/mol. The lowest BCUT2D eigenvalue weighted by molar-refractivity contribution is -0.384. The lowest BCUT2D eigenvalue weighted by Gasteiger charge is -2.36. The molecule has 1 saturated heterocycles. The van der Waals surface area contributed by atoms with Crippen LogP contribution in [0, 0.1) is 10.1 Å². The van der Waals surface area contributed by atoms with Crippen molar-refractivity contribution in [3.05, 3.63) is 69.2 Å². The van der Waals surface area contributed by atoms with Crippen LogP contribution in [0.2, 0.25) is 5.02 Å². The third-order valence-electron chi connectivity index (χ3n) is 4.22. The molecule has 1 heterocycles. The second kappa shape index (κ2) is 9.55. The number of non-ortho nitro benzene ring substituents is 1. The Balaban J connectivity index is 0.00000261. The lowest BCUT2D eigenvalue weighted by atomic mass is 10.0. The first-order chi connectivity index (χ1) is 12.6. The zero-order valence-electron chi connectivity index (χ0n) is 14.3. The molecule has 1 atom stereocenters. The summed E-state index contributed by atoms with van der Waals surface area (Å²) in [6.07, 6.45) is 0. The van der Waals surface area contributed by atoms with E-state index >= 15 is 0 Å². The van der Waals surface area contributed by atoms with Crippen LogP contribution in [0.15, 0.2) is 48.5 Å². The van der Waals surface area contributed by atoms with Gasteiger partial charge in [-0.3, -0.25) is 14.9 Å². The van der Waals surface area contributed by atoms with Crippen LogP contribution in [0.5, 0.6) is 5.75 Å². The highest BCUT2D eigenvalue weighted by atomic mass is 35.5. The van der Waals surface area contributed by atoms with Crippen molar-refractivity contribution in [1.29, 1.82) is 0 Å². The van der Waals surface area contributed by atoms with Crippen molar-refractivity contribution in [2.45, 2.75) is 6.04 Å². The number of halogens is 2. The van der Waals surface area contributed by atoms with Crippen molar-refractivity contribution in [3.63, 3.8) is 0 Å². The number of piperazine rings is 1. The Kier molecular flexibility index (Phi) is 7.41. The molecule has 1 aliphatic rings. The Bertz CT molecular complexity index is 819. The molecule has 7 nitrogen and oxygen atoms in total. The summed E-state index contributed by atoms with van der Waals surface area (Å²) in [5.41, 5.74) is 0.802. The molecular formula is C18H19Cl2N3O4. The fourth-order valence-corrected chi connectivity index (χ4v) is 3.20. The molecule has 1 N–H and O–H groups in total. The van der Waals surface area contributed by atoms with E-state index in [0.29, 0.717) is 24.7 Å². The van der Waals surface area contributed by atoms with Crippen LogP contribution in [0.1, 0.15) is 11.6 Å². The number of nitro benzene ring substituents is 1. The molecule has 1 amide bonds. The fraction of sp³-hybridized carbons (Fsp3) is 0.278. The highest BCUT2D eigenvalue weighted by Crippen LogP contribution is 2.28. The van der Waals surface area contributed by atoms with Crippen molar-refractivity contribution in [2.75, 3.05) is 26.2 Å². The molecule has 0 aliphatic carbocycles. The highest BCUT2D eigenvalue weighted by Gasteiger charge is 2.29. The van der Waals surface area contributed by atoms with E-state index in [-0.39, 0.29) is 42.4 Å². The Morgan fingerprint density at radius 1 is 1.30 bits per heavy atom. The van der Waals surface area contributed by atoms with Crippen LogP contribution in [-0.4, -0.2) is 42.0 Å². The van der Waals surface area contributed by atoms with Gasteiger partial charge in [-0.2, -0.15) is 0 Å². The van der Waals surface area contributed by atoms with Crippen LogP contribution in [0.3, 0.4) is 0 Å². The summed E-state index contributed by atoms with van der Waals surface area (Å²) in [7, 11) is 0. The van der Waals surface area contributed by atoms with Crippen molar-refractivity contribution >= 4 is 35.6 Å². The molecule has 1 unspecified atom stereocenters. The second-order valence-corrected chi connectivity index (χ2v) is 6.28. The van der Waals surface area contributed by atoms with E-state index in [9.17, 15) is 14.9 Å². The number of hydrogen-bond acceptors (Lipinski definition) is 5. The van der Waals surface area contributed by atoms with Gasteiger partial charge in [0.15, 0.2) is 6.61 Å². The Morgan fingerprint density at radius 2 is 2.07 bits per heavy atom. The quantitative estimate of drug-likeness (QED) is 0.602. The van der Waals surface area contributed by atoms with Crippen LogP contribution >= 0.6 is 24.0 Å². The number of rotatable bonds is 5. The third kappa shape index (κ3) is 5.09. The first-order valence-electron chi connectivity index (χ1n) is 8.18. The number of hydrogen-bond donors (Lipinski definition) is 1. The molecule has 9 heteroatoms. The van der Waals surface area contributed by atoms with Gasteiger partial charge in [-0.15, -0.1) is 12.4 Å². The summed E-state index contributed by atoms with van der Waals surface area (Å²) < 4.78 is 5.48. The van der Waals surface area contributed by atoms with E-state index in [2.05, 4.69) is 5.32 Å². The van der Waals surface area contributed by atoms with Gasteiger partial charge in [0.1, 0.15) is 5.75 Å². The van der Waals surface area contributed by atoms with Gasteiger partial charge in [-0.05, 0) is 17.7 Å². The van der Waals surface area contributed by atoms with Crippen LogP contribution in [0.25, 0.3) is 0 Å². The van der Waals surface area contributed by atoms with E-state index in [1.807, 2.05) is 18.2 Å². The number of carbonyl (C=O) groups excluding carboxylic acids is 1. The normalized spacial score (nSPS) is 16.3. The van der Waals surface area contributed by atoms with Crippen LogP contribution < -0.4 is 10.1 Å². The van der Waals surface area contributed by atoms with E-state index in [1.54, 1.807) is 17.0 Å². The fourth-order valence-electron chi connectivity index (χ4n) is 2.94. The summed E-state index contributed by atoms with van der Waals surface area (Å²) in [6, 6.07) is 13.0. The monoisotopic (exact) mass is 411 g/mol. The topological polar surface area (TPSA) is 84.7 Å². The van der Waals surface area contributed by atoms with Gasteiger partial charge >= 0.3 is 0 Å². The van der Waals surface area contributed by atoms with Gasteiger partial charge in [-0.25, -0.2) is 0 Å². The van der Waals surface area contributed by atoms with Crippen molar-refractivity contribution < 1.29 is 14.5 Å². The molecule has 0 bridgehead atoms. The molecule has 0 saturated carbocycles. The minimum Gasteiger partial charge on any atom is -0.484 e. The van der Waals surface area contributed by atoms with Crippen molar-refractivity contribution in [2.24, 2.45) is 0 Å². The maximum atomic E-state index is 12.7. The van der Waals surface area contributed by atoms with Gasteiger partial charge < -0.3 is 15.0 Å². The smallest absolute Gasteiger partial charge is 0.273 e. The summed E-state index contributed by atoms with van der Waals surface area (Å²) in [6.45, 7) is 1.63.